The van der Waals surface area contributed by atoms with E-state index in [-0.39, 0.29) is 12.3 Å². The Balaban J connectivity index is 1.80. The van der Waals surface area contributed by atoms with Gasteiger partial charge in [-0.15, -0.1) is 0 Å². The number of aromatic nitrogens is 2. The molecule has 4 atom stereocenters. The fourth-order valence-electron chi connectivity index (χ4n) is 3.90. The number of carbonyl (C=O) groups excluding carboxylic acids is 4. The number of primary amides is 1. The third kappa shape index (κ3) is 4.17. The lowest BCUT2D eigenvalue weighted by atomic mass is 9.90. The van der Waals surface area contributed by atoms with Gasteiger partial charge in [-0.05, 0) is 26.2 Å². The number of nitrogens with zero attached hydrogens (tertiary/aromatic N) is 2. The van der Waals surface area contributed by atoms with Crippen LogP contribution in [0.2, 0.25) is 0 Å². The zero-order chi connectivity index (χ0) is 21.2. The van der Waals surface area contributed by atoms with Crippen LogP contribution in [0.4, 0.5) is 4.79 Å². The maximum atomic E-state index is 13.2. The number of hydrogen-bond donors (Lipinski definition) is 5. The number of rotatable bonds is 7. The SMILES string of the molecule is CCC1(C)NC(=O)NC1C(=O)N[C@@H](Cc1cnc[nH]1)C(=O)N1CCC[C@H]1C(N)=O. The molecule has 1 aromatic rings. The van der Waals surface area contributed by atoms with Crippen molar-refractivity contribution in [2.45, 2.75) is 63.2 Å². The Hall–Kier alpha value is -3.11. The molecule has 2 aliphatic heterocycles. The van der Waals surface area contributed by atoms with Crippen LogP contribution in [0.25, 0.3) is 0 Å². The van der Waals surface area contributed by atoms with Crippen LogP contribution in [0.15, 0.2) is 12.5 Å². The molecule has 0 spiro atoms. The highest BCUT2D eigenvalue weighted by atomic mass is 16.2. The molecule has 6 N–H and O–H groups in total. The molecule has 0 aromatic carbocycles. The molecule has 0 bridgehead atoms. The predicted molar refractivity (Wildman–Crippen MR) is 102 cm³/mol. The largest absolute Gasteiger partial charge is 0.368 e. The Kier molecular flexibility index (Phi) is 5.76. The van der Waals surface area contributed by atoms with E-state index in [9.17, 15) is 19.2 Å². The van der Waals surface area contributed by atoms with Gasteiger partial charge in [0.2, 0.25) is 17.7 Å². The molecule has 2 aliphatic rings. The standard InChI is InChI=1S/C18H27N7O4/c1-3-18(2)13(23-17(29)24-18)15(27)22-11(7-10-8-20-9-21-10)16(28)25-6-4-5-12(25)14(19)26/h8-9,11-13H,3-7H2,1-2H3,(H2,19,26)(H,20,21)(H,22,27)(H2,23,24,29)/t11-,12-,13?,18?/m0/s1. The summed E-state index contributed by atoms with van der Waals surface area (Å²) in [7, 11) is 0. The average molecular weight is 405 g/mol. The molecule has 5 amide bonds. The minimum Gasteiger partial charge on any atom is -0.368 e. The van der Waals surface area contributed by atoms with Crippen molar-refractivity contribution in [3.05, 3.63) is 18.2 Å². The number of likely N-dealkylation sites (tertiary alicyclic amines) is 1. The molecule has 29 heavy (non-hydrogen) atoms. The van der Waals surface area contributed by atoms with Crippen molar-refractivity contribution in [1.29, 1.82) is 0 Å². The van der Waals surface area contributed by atoms with Gasteiger partial charge in [0, 0.05) is 24.9 Å². The van der Waals surface area contributed by atoms with Crippen molar-refractivity contribution in [3.63, 3.8) is 0 Å². The Morgan fingerprint density at radius 3 is 2.83 bits per heavy atom. The number of aromatic amines is 1. The van der Waals surface area contributed by atoms with Crippen molar-refractivity contribution in [2.75, 3.05) is 6.54 Å². The van der Waals surface area contributed by atoms with Crippen LogP contribution < -0.4 is 21.7 Å². The summed E-state index contributed by atoms with van der Waals surface area (Å²) in [6.45, 7) is 4.03. The van der Waals surface area contributed by atoms with Crippen LogP contribution in [0, 0.1) is 0 Å². The molecular weight excluding hydrogens is 378 g/mol. The molecular formula is C18H27N7O4. The predicted octanol–water partition coefficient (Wildman–Crippen LogP) is -1.24. The summed E-state index contributed by atoms with van der Waals surface area (Å²) in [6.07, 6.45) is 4.91. The van der Waals surface area contributed by atoms with E-state index in [4.69, 9.17) is 5.73 Å². The van der Waals surface area contributed by atoms with Gasteiger partial charge in [-0.25, -0.2) is 9.78 Å². The van der Waals surface area contributed by atoms with E-state index < -0.39 is 41.5 Å². The van der Waals surface area contributed by atoms with Gasteiger partial charge in [0.1, 0.15) is 18.1 Å². The Bertz CT molecular complexity index is 796. The fraction of sp³-hybridized carbons (Fsp3) is 0.611. The van der Waals surface area contributed by atoms with E-state index in [2.05, 4.69) is 25.9 Å². The first-order valence-corrected chi connectivity index (χ1v) is 9.71. The lowest BCUT2D eigenvalue weighted by molar-refractivity contribution is -0.141. The highest BCUT2D eigenvalue weighted by Gasteiger charge is 2.47. The number of imidazole rings is 1. The Labute approximate surface area is 168 Å². The highest BCUT2D eigenvalue weighted by Crippen LogP contribution is 2.22. The monoisotopic (exact) mass is 405 g/mol. The van der Waals surface area contributed by atoms with E-state index >= 15 is 0 Å². The Morgan fingerprint density at radius 1 is 1.45 bits per heavy atom. The quantitative estimate of drug-likeness (QED) is 0.383. The Morgan fingerprint density at radius 2 is 2.21 bits per heavy atom. The zero-order valence-electron chi connectivity index (χ0n) is 16.5. The summed E-state index contributed by atoms with van der Waals surface area (Å²) in [4.78, 5) is 58.0. The summed E-state index contributed by atoms with van der Waals surface area (Å²) in [5.41, 5.74) is 5.33. The van der Waals surface area contributed by atoms with Crippen molar-refractivity contribution >= 4 is 23.8 Å². The molecule has 11 nitrogen and oxygen atoms in total. The first-order chi connectivity index (χ1) is 13.7. The second-order valence-corrected chi connectivity index (χ2v) is 7.74. The van der Waals surface area contributed by atoms with Gasteiger partial charge in [-0.2, -0.15) is 0 Å². The molecule has 0 aliphatic carbocycles. The number of nitrogens with two attached hydrogens (primary N) is 1. The molecule has 1 aromatic heterocycles. The van der Waals surface area contributed by atoms with Gasteiger partial charge in [0.15, 0.2) is 0 Å². The van der Waals surface area contributed by atoms with Crippen molar-refractivity contribution in [3.8, 4) is 0 Å². The van der Waals surface area contributed by atoms with Crippen LogP contribution in [-0.4, -0.2) is 68.8 Å². The summed E-state index contributed by atoms with van der Waals surface area (Å²) in [6, 6.07) is -2.87. The molecule has 2 saturated heterocycles. The summed E-state index contributed by atoms with van der Waals surface area (Å²) in [5, 5.41) is 8.12. The van der Waals surface area contributed by atoms with Crippen LogP contribution >= 0.6 is 0 Å². The van der Waals surface area contributed by atoms with Crippen LogP contribution in [0.3, 0.4) is 0 Å². The second kappa shape index (κ2) is 8.10. The van der Waals surface area contributed by atoms with Crippen molar-refractivity contribution < 1.29 is 19.2 Å². The third-order valence-electron chi connectivity index (χ3n) is 5.77. The summed E-state index contributed by atoms with van der Waals surface area (Å²) >= 11 is 0. The van der Waals surface area contributed by atoms with E-state index in [1.165, 1.54) is 11.2 Å². The topological polar surface area (TPSA) is 162 Å². The first-order valence-electron chi connectivity index (χ1n) is 9.71. The van der Waals surface area contributed by atoms with Crippen molar-refractivity contribution in [1.82, 2.24) is 30.8 Å². The minimum absolute atomic E-state index is 0.170. The first kappa shape index (κ1) is 20.6. The fourth-order valence-corrected chi connectivity index (χ4v) is 3.90. The van der Waals surface area contributed by atoms with Crippen LogP contribution in [0.1, 0.15) is 38.8 Å². The summed E-state index contributed by atoms with van der Waals surface area (Å²) < 4.78 is 0. The van der Waals surface area contributed by atoms with Crippen molar-refractivity contribution in [2.24, 2.45) is 5.73 Å². The number of nitrogens with one attached hydrogen (secondary N) is 4. The molecule has 0 saturated carbocycles. The normalized spacial score (nSPS) is 27.2. The van der Waals surface area contributed by atoms with E-state index in [1.807, 2.05) is 6.92 Å². The lowest BCUT2D eigenvalue weighted by Crippen LogP contribution is -2.59. The second-order valence-electron chi connectivity index (χ2n) is 7.74. The number of amides is 5. The molecule has 3 heterocycles. The number of H-pyrrole nitrogens is 1. The minimum atomic E-state index is -0.929. The lowest BCUT2D eigenvalue weighted by Gasteiger charge is -2.31. The molecule has 2 fully saturated rings. The van der Waals surface area contributed by atoms with Gasteiger partial charge < -0.3 is 31.6 Å². The van der Waals surface area contributed by atoms with E-state index in [0.29, 0.717) is 31.5 Å². The van der Waals surface area contributed by atoms with Gasteiger partial charge in [-0.3, -0.25) is 14.4 Å². The maximum Gasteiger partial charge on any atom is 0.316 e. The number of hydrogen-bond acceptors (Lipinski definition) is 5. The highest BCUT2D eigenvalue weighted by molar-refractivity contribution is 5.96. The third-order valence-corrected chi connectivity index (χ3v) is 5.77. The van der Waals surface area contributed by atoms with Gasteiger partial charge in [-0.1, -0.05) is 6.92 Å². The van der Waals surface area contributed by atoms with Gasteiger partial charge in [0.05, 0.1) is 11.9 Å². The smallest absolute Gasteiger partial charge is 0.316 e. The van der Waals surface area contributed by atoms with E-state index in [1.54, 1.807) is 13.1 Å². The van der Waals surface area contributed by atoms with Crippen LogP contribution in [0.5, 0.6) is 0 Å². The number of carbonyl (C=O) groups is 4. The van der Waals surface area contributed by atoms with E-state index in [0.717, 1.165) is 0 Å². The zero-order valence-corrected chi connectivity index (χ0v) is 16.5. The molecule has 0 radical (unpaired) electrons. The van der Waals surface area contributed by atoms with Crippen LogP contribution in [-0.2, 0) is 20.8 Å². The number of urea groups is 1. The molecule has 2 unspecified atom stereocenters. The molecule has 11 heteroatoms. The molecule has 158 valence electrons. The maximum absolute atomic E-state index is 13.2. The van der Waals surface area contributed by atoms with Gasteiger partial charge in [0.25, 0.3) is 0 Å². The average Bonchev–Trinajstić information content (AvgIpc) is 3.40. The molecule has 3 rings (SSSR count). The summed E-state index contributed by atoms with van der Waals surface area (Å²) in [5.74, 6) is -1.42. The van der Waals surface area contributed by atoms with Gasteiger partial charge >= 0.3 is 6.03 Å².